The highest BCUT2D eigenvalue weighted by molar-refractivity contribution is 9.10. The number of halogens is 3. The molecule has 0 aliphatic heterocycles. The Morgan fingerprint density at radius 1 is 1.14 bits per heavy atom. The molecule has 0 aliphatic carbocycles. The Morgan fingerprint density at radius 3 is 2.57 bits per heavy atom. The fraction of sp³-hybridized carbons (Fsp3) is 0.143. The lowest BCUT2D eigenvalue weighted by Gasteiger charge is -2.12. The number of carbonyl (C=O) groups excluding carboxylic acids is 1. The van der Waals surface area contributed by atoms with E-state index in [1.807, 2.05) is 54.8 Å². The van der Waals surface area contributed by atoms with Crippen molar-refractivity contribution in [2.75, 3.05) is 0 Å². The first-order valence-corrected chi connectivity index (χ1v) is 10.1. The van der Waals surface area contributed by atoms with Crippen molar-refractivity contribution in [3.8, 4) is 5.69 Å². The molecule has 1 aromatic heterocycles. The Bertz CT molecular complexity index is 1040. The number of hydrogen-bond donors (Lipinski definition) is 1. The second kappa shape index (κ2) is 8.95. The topological polar surface area (TPSA) is 46.4 Å². The number of amides is 1. The van der Waals surface area contributed by atoms with Crippen molar-refractivity contribution in [2.45, 2.75) is 20.3 Å². The van der Waals surface area contributed by atoms with E-state index < -0.39 is 0 Å². The molecule has 2 aromatic carbocycles. The molecule has 0 spiro atoms. The molecule has 0 radical (unpaired) electrons. The van der Waals surface area contributed by atoms with Crippen LogP contribution in [0, 0.1) is 13.8 Å². The third kappa shape index (κ3) is 4.85. The van der Waals surface area contributed by atoms with Crippen LogP contribution >= 0.6 is 39.1 Å². The number of carbonyl (C=O) groups is 1. The van der Waals surface area contributed by atoms with E-state index in [0.29, 0.717) is 10.0 Å². The van der Waals surface area contributed by atoms with E-state index in [2.05, 4.69) is 26.5 Å². The predicted octanol–water partition coefficient (Wildman–Crippen LogP) is 5.86. The second-order valence-electron chi connectivity index (χ2n) is 6.35. The Kier molecular flexibility index (Phi) is 6.60. The minimum absolute atomic E-state index is 0.176. The molecule has 1 heterocycles. The molecule has 1 N–H and O–H groups in total. The normalized spacial score (nSPS) is 11.2. The number of aromatic nitrogens is 1. The van der Waals surface area contributed by atoms with E-state index in [4.69, 9.17) is 23.2 Å². The molecule has 7 heteroatoms. The van der Waals surface area contributed by atoms with E-state index in [1.165, 1.54) is 0 Å². The number of nitrogens with zero attached hydrogens (tertiary/aromatic N) is 2. The fourth-order valence-corrected chi connectivity index (χ4v) is 3.58. The highest BCUT2D eigenvalue weighted by Crippen LogP contribution is 2.28. The van der Waals surface area contributed by atoms with Crippen molar-refractivity contribution in [1.29, 1.82) is 0 Å². The lowest BCUT2D eigenvalue weighted by molar-refractivity contribution is -0.120. The maximum Gasteiger partial charge on any atom is 0.244 e. The van der Waals surface area contributed by atoms with Crippen LogP contribution in [0.15, 0.2) is 58.1 Å². The van der Waals surface area contributed by atoms with Crippen molar-refractivity contribution in [1.82, 2.24) is 9.99 Å². The van der Waals surface area contributed by atoms with Crippen molar-refractivity contribution in [3.05, 3.63) is 85.6 Å². The van der Waals surface area contributed by atoms with Crippen LogP contribution in [0.1, 0.15) is 22.5 Å². The molecule has 1 amide bonds. The number of hydrazone groups is 1. The van der Waals surface area contributed by atoms with Crippen molar-refractivity contribution >= 4 is 51.3 Å². The maximum atomic E-state index is 12.1. The monoisotopic (exact) mass is 477 g/mol. The van der Waals surface area contributed by atoms with Gasteiger partial charge in [-0.1, -0.05) is 51.3 Å². The number of benzene rings is 2. The summed E-state index contributed by atoms with van der Waals surface area (Å²) in [6.45, 7) is 3.95. The smallest absolute Gasteiger partial charge is 0.244 e. The quantitative estimate of drug-likeness (QED) is 0.362. The van der Waals surface area contributed by atoms with Gasteiger partial charge in [-0.05, 0) is 55.8 Å². The first kappa shape index (κ1) is 20.6. The minimum atomic E-state index is -0.176. The van der Waals surface area contributed by atoms with E-state index >= 15 is 0 Å². The zero-order chi connectivity index (χ0) is 20.3. The molecule has 144 valence electrons. The lowest BCUT2D eigenvalue weighted by Crippen LogP contribution is -2.19. The fourth-order valence-electron chi connectivity index (χ4n) is 2.95. The Balaban J connectivity index is 1.73. The lowest BCUT2D eigenvalue weighted by atomic mass is 10.1. The summed E-state index contributed by atoms with van der Waals surface area (Å²) < 4.78 is 2.99. The Hall–Kier alpha value is -2.08. The van der Waals surface area contributed by atoms with Crippen LogP contribution in [0.3, 0.4) is 0 Å². The molecule has 0 saturated carbocycles. The summed E-state index contributed by atoms with van der Waals surface area (Å²) in [4.78, 5) is 12.1. The highest BCUT2D eigenvalue weighted by Gasteiger charge is 2.12. The summed E-state index contributed by atoms with van der Waals surface area (Å²) in [7, 11) is 0. The van der Waals surface area contributed by atoms with Gasteiger partial charge in [-0.25, -0.2) is 5.43 Å². The molecular weight excluding hydrogens is 461 g/mol. The summed E-state index contributed by atoms with van der Waals surface area (Å²) in [5.41, 5.74) is 7.13. The molecule has 4 nitrogen and oxygen atoms in total. The van der Waals surface area contributed by atoms with Gasteiger partial charge in [0.2, 0.25) is 5.91 Å². The molecule has 28 heavy (non-hydrogen) atoms. The maximum absolute atomic E-state index is 12.1. The van der Waals surface area contributed by atoms with Gasteiger partial charge in [0, 0.05) is 26.4 Å². The van der Waals surface area contributed by atoms with Gasteiger partial charge in [-0.15, -0.1) is 0 Å². The van der Waals surface area contributed by atoms with Crippen molar-refractivity contribution in [3.63, 3.8) is 0 Å². The highest BCUT2D eigenvalue weighted by atomic mass is 79.9. The van der Waals surface area contributed by atoms with Gasteiger partial charge in [0.05, 0.1) is 23.3 Å². The third-order valence-electron chi connectivity index (χ3n) is 4.29. The molecule has 0 saturated heterocycles. The largest absolute Gasteiger partial charge is 0.316 e. The number of aryl methyl sites for hydroxylation is 1. The Morgan fingerprint density at radius 2 is 1.86 bits per heavy atom. The van der Waals surface area contributed by atoms with Crippen LogP contribution < -0.4 is 5.43 Å². The summed E-state index contributed by atoms with van der Waals surface area (Å²) >= 11 is 15.8. The van der Waals surface area contributed by atoms with Gasteiger partial charge in [0.25, 0.3) is 0 Å². The summed E-state index contributed by atoms with van der Waals surface area (Å²) in [5, 5.41) is 5.32. The third-order valence-corrected chi connectivity index (χ3v) is 5.37. The molecule has 3 aromatic rings. The SMILES string of the molecule is Cc1cc(/C=N\NC(=O)Cc2ccc(Br)cc2)c(C)n1-c1cc(Cl)ccc1Cl. The summed E-state index contributed by atoms with van der Waals surface area (Å²) in [6, 6.07) is 14.9. The van der Waals surface area contributed by atoms with Crippen LogP contribution in [0.4, 0.5) is 0 Å². The van der Waals surface area contributed by atoms with Crippen LogP contribution in [-0.2, 0) is 11.2 Å². The number of nitrogens with one attached hydrogen (secondary N) is 1. The molecule has 0 fully saturated rings. The summed E-state index contributed by atoms with van der Waals surface area (Å²) in [5.74, 6) is -0.176. The van der Waals surface area contributed by atoms with Gasteiger partial charge in [-0.2, -0.15) is 5.10 Å². The zero-order valence-corrected chi connectivity index (χ0v) is 18.4. The van der Waals surface area contributed by atoms with Crippen molar-refractivity contribution < 1.29 is 4.79 Å². The molecule has 0 bridgehead atoms. The van der Waals surface area contributed by atoms with Crippen LogP contribution in [0.5, 0.6) is 0 Å². The zero-order valence-electron chi connectivity index (χ0n) is 15.3. The van der Waals surface area contributed by atoms with E-state index in [9.17, 15) is 4.79 Å². The Labute approximate surface area is 182 Å². The predicted molar refractivity (Wildman–Crippen MR) is 119 cm³/mol. The minimum Gasteiger partial charge on any atom is -0.316 e. The van der Waals surface area contributed by atoms with Crippen LogP contribution in [0.25, 0.3) is 5.69 Å². The molecule has 0 unspecified atom stereocenters. The van der Waals surface area contributed by atoms with E-state index in [-0.39, 0.29) is 12.3 Å². The van der Waals surface area contributed by atoms with Gasteiger partial charge in [0.15, 0.2) is 0 Å². The van der Waals surface area contributed by atoms with Gasteiger partial charge >= 0.3 is 0 Å². The van der Waals surface area contributed by atoms with Crippen LogP contribution in [-0.4, -0.2) is 16.7 Å². The van der Waals surface area contributed by atoms with Crippen molar-refractivity contribution in [2.24, 2.45) is 5.10 Å². The van der Waals surface area contributed by atoms with Crippen LogP contribution in [0.2, 0.25) is 10.0 Å². The number of rotatable bonds is 5. The second-order valence-corrected chi connectivity index (χ2v) is 8.11. The molecular formula is C21H18BrCl2N3O. The number of hydrogen-bond acceptors (Lipinski definition) is 2. The van der Waals surface area contributed by atoms with Gasteiger partial charge in [0.1, 0.15) is 0 Å². The molecule has 3 rings (SSSR count). The van der Waals surface area contributed by atoms with Gasteiger partial charge in [-0.3, -0.25) is 4.79 Å². The first-order valence-electron chi connectivity index (χ1n) is 8.56. The van der Waals surface area contributed by atoms with Gasteiger partial charge < -0.3 is 4.57 Å². The van der Waals surface area contributed by atoms with E-state index in [0.717, 1.165) is 32.7 Å². The standard InChI is InChI=1S/C21H18BrCl2N3O/c1-13-9-16(14(2)27(13)20-11-18(23)7-8-19(20)24)12-25-26-21(28)10-15-3-5-17(22)6-4-15/h3-9,11-12H,10H2,1-2H3,(H,26,28)/b25-12-. The molecule has 0 atom stereocenters. The summed E-state index contributed by atoms with van der Waals surface area (Å²) in [6.07, 6.45) is 1.90. The first-order chi connectivity index (χ1) is 13.3. The average Bonchev–Trinajstić information content (AvgIpc) is 2.93. The van der Waals surface area contributed by atoms with E-state index in [1.54, 1.807) is 18.3 Å². The molecule has 0 aliphatic rings. The average molecular weight is 479 g/mol.